The molecular formula is C27H32N4O8. The van der Waals surface area contributed by atoms with Crippen molar-refractivity contribution in [1.29, 1.82) is 0 Å². The lowest BCUT2D eigenvalue weighted by atomic mass is 9.89. The van der Waals surface area contributed by atoms with Crippen molar-refractivity contribution in [2.45, 2.75) is 57.2 Å². The number of carboxylic acids is 1. The fourth-order valence-electron chi connectivity index (χ4n) is 4.51. The maximum Gasteiger partial charge on any atom is 0.342 e. The van der Waals surface area contributed by atoms with E-state index in [0.29, 0.717) is 5.56 Å². The molecule has 0 saturated carbocycles. The third-order valence-corrected chi connectivity index (χ3v) is 6.43. The molecule has 0 aliphatic carbocycles. The molecule has 0 spiro atoms. The molecule has 1 aliphatic heterocycles. The summed E-state index contributed by atoms with van der Waals surface area (Å²) in [6.45, 7) is 4.80. The molecule has 0 radical (unpaired) electrons. The van der Waals surface area contributed by atoms with Gasteiger partial charge >= 0.3 is 11.9 Å². The maximum absolute atomic E-state index is 13.7. The zero-order valence-corrected chi connectivity index (χ0v) is 22.0. The smallest absolute Gasteiger partial charge is 0.342 e. The van der Waals surface area contributed by atoms with Crippen LogP contribution in [0.5, 0.6) is 0 Å². The number of nitrogens with one attached hydrogen (secondary N) is 1. The lowest BCUT2D eigenvalue weighted by Crippen LogP contribution is -2.65. The predicted octanol–water partition coefficient (Wildman–Crippen LogP) is 2.51. The number of nitro benzene ring substituents is 1. The Bertz CT molecular complexity index is 1240. The van der Waals surface area contributed by atoms with Gasteiger partial charge in [-0.3, -0.25) is 24.5 Å². The van der Waals surface area contributed by atoms with Gasteiger partial charge in [-0.25, -0.2) is 4.79 Å². The van der Waals surface area contributed by atoms with Gasteiger partial charge in [-0.1, -0.05) is 30.3 Å². The summed E-state index contributed by atoms with van der Waals surface area (Å²) in [4.78, 5) is 64.5. The molecule has 12 heteroatoms. The average Bonchev–Trinajstić information content (AvgIpc) is 3.32. The first-order valence-electron chi connectivity index (χ1n) is 12.4. The number of likely N-dealkylation sites (tertiary alicyclic amines) is 1. The Labute approximate surface area is 225 Å². The second-order valence-corrected chi connectivity index (χ2v) is 10.4. The molecule has 1 fully saturated rings. The lowest BCUT2D eigenvalue weighted by molar-refractivity contribution is -0.384. The summed E-state index contributed by atoms with van der Waals surface area (Å²) in [6.07, 6.45) is 0.128. The fourth-order valence-corrected chi connectivity index (χ4v) is 4.51. The Kier molecular flexibility index (Phi) is 8.70. The van der Waals surface area contributed by atoms with Gasteiger partial charge in [0.25, 0.3) is 11.6 Å². The number of rotatable bonds is 9. The third-order valence-electron chi connectivity index (χ3n) is 6.43. The number of carbonyl (C=O) groups excluding carboxylic acids is 3. The third kappa shape index (κ3) is 6.58. The van der Waals surface area contributed by atoms with Crippen LogP contribution in [0.3, 0.4) is 0 Å². The van der Waals surface area contributed by atoms with Crippen LogP contribution in [0.25, 0.3) is 0 Å². The summed E-state index contributed by atoms with van der Waals surface area (Å²) in [5.41, 5.74) is 3.70. The quantitative estimate of drug-likeness (QED) is 0.186. The van der Waals surface area contributed by atoms with Crippen molar-refractivity contribution in [2.24, 2.45) is 11.7 Å². The molecule has 2 amide bonds. The van der Waals surface area contributed by atoms with Crippen molar-refractivity contribution in [3.63, 3.8) is 0 Å². The first-order chi connectivity index (χ1) is 18.3. The van der Waals surface area contributed by atoms with Crippen LogP contribution in [0.4, 0.5) is 11.4 Å². The summed E-state index contributed by atoms with van der Waals surface area (Å²) in [7, 11) is 0. The highest BCUT2D eigenvalue weighted by molar-refractivity contribution is 6.16. The average molecular weight is 541 g/mol. The SMILES string of the molecule is CC(C)(C)OC(=O)[C@@]1(C(=O)Nc2ccc([N+](=O)[O-])cc2)CCCN1C(=O)[C@@H](N)C(Cc1ccccc1)C(=O)O. The van der Waals surface area contributed by atoms with Crippen molar-refractivity contribution in [3.05, 3.63) is 70.3 Å². The molecule has 0 aromatic heterocycles. The van der Waals surface area contributed by atoms with Crippen molar-refractivity contribution in [2.75, 3.05) is 11.9 Å². The molecule has 4 N–H and O–H groups in total. The lowest BCUT2D eigenvalue weighted by Gasteiger charge is -2.38. The Morgan fingerprint density at radius 2 is 1.74 bits per heavy atom. The Morgan fingerprint density at radius 3 is 2.28 bits per heavy atom. The van der Waals surface area contributed by atoms with Gasteiger partial charge in [0.2, 0.25) is 11.4 Å². The fraction of sp³-hybridized carbons (Fsp3) is 0.407. The van der Waals surface area contributed by atoms with Crippen LogP contribution < -0.4 is 11.1 Å². The van der Waals surface area contributed by atoms with Gasteiger partial charge in [-0.15, -0.1) is 0 Å². The molecule has 3 atom stereocenters. The van der Waals surface area contributed by atoms with Crippen molar-refractivity contribution >= 4 is 35.1 Å². The van der Waals surface area contributed by atoms with E-state index in [2.05, 4.69) is 5.32 Å². The molecule has 3 rings (SSSR count). The van der Waals surface area contributed by atoms with E-state index in [1.165, 1.54) is 24.3 Å². The molecule has 12 nitrogen and oxygen atoms in total. The van der Waals surface area contributed by atoms with E-state index < -0.39 is 51.8 Å². The van der Waals surface area contributed by atoms with Crippen molar-refractivity contribution < 1.29 is 33.9 Å². The van der Waals surface area contributed by atoms with E-state index >= 15 is 0 Å². The highest BCUT2D eigenvalue weighted by atomic mass is 16.6. The number of esters is 1. The van der Waals surface area contributed by atoms with Crippen LogP contribution in [0.15, 0.2) is 54.6 Å². The largest absolute Gasteiger partial charge is 0.481 e. The number of ether oxygens (including phenoxy) is 1. The maximum atomic E-state index is 13.7. The second-order valence-electron chi connectivity index (χ2n) is 10.4. The van der Waals surface area contributed by atoms with Gasteiger partial charge in [0.1, 0.15) is 5.60 Å². The molecule has 2 aromatic carbocycles. The number of nitrogens with two attached hydrogens (primary N) is 1. The summed E-state index contributed by atoms with van der Waals surface area (Å²) in [5, 5.41) is 23.4. The normalized spacial score (nSPS) is 18.6. The van der Waals surface area contributed by atoms with Gasteiger partial charge in [-0.05, 0) is 57.7 Å². The Hall–Kier alpha value is -4.32. The Morgan fingerprint density at radius 1 is 1.13 bits per heavy atom. The van der Waals surface area contributed by atoms with E-state index in [4.69, 9.17) is 10.5 Å². The van der Waals surface area contributed by atoms with E-state index in [-0.39, 0.29) is 37.2 Å². The highest BCUT2D eigenvalue weighted by Gasteiger charge is 2.59. The highest BCUT2D eigenvalue weighted by Crippen LogP contribution is 2.35. The van der Waals surface area contributed by atoms with Crippen LogP contribution in [0, 0.1) is 16.0 Å². The van der Waals surface area contributed by atoms with Gasteiger partial charge in [0.05, 0.1) is 16.9 Å². The van der Waals surface area contributed by atoms with Crippen LogP contribution in [0.2, 0.25) is 0 Å². The summed E-state index contributed by atoms with van der Waals surface area (Å²) in [5.74, 6) is -5.37. The molecule has 1 unspecified atom stereocenters. The van der Waals surface area contributed by atoms with Gasteiger partial charge in [-0.2, -0.15) is 0 Å². The molecule has 1 heterocycles. The number of carboxylic acid groups (broad SMARTS) is 1. The summed E-state index contributed by atoms with van der Waals surface area (Å²) in [6, 6.07) is 12.1. The molecule has 208 valence electrons. The Balaban J connectivity index is 1.96. The number of amides is 2. The van der Waals surface area contributed by atoms with E-state index in [9.17, 15) is 34.4 Å². The number of hydrogen-bond donors (Lipinski definition) is 3. The number of anilines is 1. The number of hydrogen-bond acceptors (Lipinski definition) is 8. The predicted molar refractivity (Wildman–Crippen MR) is 140 cm³/mol. The first-order valence-corrected chi connectivity index (χ1v) is 12.4. The zero-order chi connectivity index (χ0) is 29.0. The standard InChI is InChI=1S/C27H32N4O8/c1-26(2,3)39-25(36)27(24(35)29-18-10-12-19(13-11-18)31(37)38)14-7-15-30(27)22(32)21(28)20(23(33)34)16-17-8-5-4-6-9-17/h4-6,8-13,20-21H,7,14-16,28H2,1-3H3,(H,29,35)(H,33,34)/t20?,21-,27-/m0/s1. The number of non-ortho nitro benzene ring substituents is 1. The van der Waals surface area contributed by atoms with Crippen LogP contribution in [-0.2, 0) is 30.3 Å². The topological polar surface area (TPSA) is 182 Å². The summed E-state index contributed by atoms with van der Waals surface area (Å²) < 4.78 is 5.56. The molecule has 1 saturated heterocycles. The van der Waals surface area contributed by atoms with E-state index in [1.54, 1.807) is 51.1 Å². The van der Waals surface area contributed by atoms with E-state index in [1.807, 2.05) is 0 Å². The first kappa shape index (κ1) is 29.2. The molecule has 39 heavy (non-hydrogen) atoms. The van der Waals surface area contributed by atoms with Crippen LogP contribution >= 0.6 is 0 Å². The number of carbonyl (C=O) groups is 4. The second kappa shape index (κ2) is 11.6. The number of benzene rings is 2. The summed E-state index contributed by atoms with van der Waals surface area (Å²) >= 11 is 0. The molecular weight excluding hydrogens is 508 g/mol. The van der Waals surface area contributed by atoms with Gasteiger partial charge < -0.3 is 25.8 Å². The minimum absolute atomic E-state index is 0.0306. The van der Waals surface area contributed by atoms with E-state index in [0.717, 1.165) is 4.90 Å². The number of nitro groups is 1. The monoisotopic (exact) mass is 540 g/mol. The van der Waals surface area contributed by atoms with Crippen LogP contribution in [-0.4, -0.2) is 62.4 Å². The minimum atomic E-state index is -2.13. The number of nitrogens with zero attached hydrogens (tertiary/aromatic N) is 2. The zero-order valence-electron chi connectivity index (χ0n) is 22.0. The number of aliphatic carboxylic acids is 1. The molecule has 1 aliphatic rings. The van der Waals surface area contributed by atoms with Crippen LogP contribution in [0.1, 0.15) is 39.2 Å². The molecule has 0 bridgehead atoms. The molecule has 2 aromatic rings. The van der Waals surface area contributed by atoms with Gasteiger partial charge in [0, 0.05) is 24.4 Å². The van der Waals surface area contributed by atoms with Gasteiger partial charge in [0.15, 0.2) is 0 Å². The van der Waals surface area contributed by atoms with Crippen molar-refractivity contribution in [3.8, 4) is 0 Å². The van der Waals surface area contributed by atoms with Crippen molar-refractivity contribution in [1.82, 2.24) is 4.90 Å². The minimum Gasteiger partial charge on any atom is -0.481 e.